The van der Waals surface area contributed by atoms with Crippen molar-refractivity contribution in [3.8, 4) is 0 Å². The van der Waals surface area contributed by atoms with E-state index in [1.165, 1.54) is 22.5 Å². The van der Waals surface area contributed by atoms with Crippen LogP contribution in [0.3, 0.4) is 0 Å². The highest BCUT2D eigenvalue weighted by Gasteiger charge is 2.24. The molecule has 3 heteroatoms. The van der Waals surface area contributed by atoms with E-state index in [0.29, 0.717) is 0 Å². The number of imidazole rings is 1. The maximum Gasteiger partial charge on any atom is 0.136 e. The molecule has 0 saturated heterocycles. The Labute approximate surface area is 135 Å². The van der Waals surface area contributed by atoms with Crippen molar-refractivity contribution in [1.29, 1.82) is 0 Å². The van der Waals surface area contributed by atoms with Crippen LogP contribution in [0.15, 0.2) is 73.6 Å². The molecule has 0 bridgehead atoms. The molecule has 1 aliphatic rings. The molecule has 0 amide bonds. The Balaban J connectivity index is 1.80. The van der Waals surface area contributed by atoms with Crippen molar-refractivity contribution in [2.24, 2.45) is 0 Å². The number of hydrogen-bond acceptors (Lipinski definition) is 2. The summed E-state index contributed by atoms with van der Waals surface area (Å²) in [5.41, 5.74) is 4.96. The van der Waals surface area contributed by atoms with E-state index in [1.807, 2.05) is 16.8 Å². The van der Waals surface area contributed by atoms with Gasteiger partial charge in [0.05, 0.1) is 0 Å². The third kappa shape index (κ3) is 2.36. The lowest BCUT2D eigenvalue weighted by molar-refractivity contribution is 1.11. The molecule has 1 aromatic heterocycles. The third-order valence-corrected chi connectivity index (χ3v) is 4.14. The molecule has 3 nitrogen and oxygen atoms in total. The third-order valence-electron chi connectivity index (χ3n) is 4.14. The standard InChI is InChI=1S/C20H17N3/c1-2-22-13-12-21-20(22)14-16-15-23(17-8-4-3-5-9-17)19-11-7-6-10-18(16)19/h2-14H,1,15H2/b16-14+. The minimum absolute atomic E-state index is 0.841. The van der Waals surface area contributed by atoms with Crippen LogP contribution >= 0.6 is 0 Å². The fourth-order valence-electron chi connectivity index (χ4n) is 3.03. The smallest absolute Gasteiger partial charge is 0.136 e. The van der Waals surface area contributed by atoms with Crippen molar-refractivity contribution in [2.75, 3.05) is 11.4 Å². The Morgan fingerprint density at radius 3 is 2.61 bits per heavy atom. The Morgan fingerprint density at radius 1 is 1.00 bits per heavy atom. The van der Waals surface area contributed by atoms with E-state index < -0.39 is 0 Å². The summed E-state index contributed by atoms with van der Waals surface area (Å²) in [6, 6.07) is 19.0. The number of anilines is 2. The molecule has 0 radical (unpaired) electrons. The van der Waals surface area contributed by atoms with Crippen LogP contribution in [0.4, 0.5) is 11.4 Å². The summed E-state index contributed by atoms with van der Waals surface area (Å²) in [4.78, 5) is 6.75. The zero-order valence-corrected chi connectivity index (χ0v) is 12.8. The summed E-state index contributed by atoms with van der Waals surface area (Å²) in [6.07, 6.45) is 7.62. The number of benzene rings is 2. The highest BCUT2D eigenvalue weighted by atomic mass is 15.2. The maximum atomic E-state index is 4.42. The summed E-state index contributed by atoms with van der Waals surface area (Å²) in [5.74, 6) is 0.903. The van der Waals surface area contributed by atoms with Crippen LogP contribution in [0, 0.1) is 0 Å². The van der Waals surface area contributed by atoms with Crippen LogP contribution in [0.1, 0.15) is 11.4 Å². The number of fused-ring (bicyclic) bond motifs is 1. The average Bonchev–Trinajstić information content (AvgIpc) is 3.21. The fourth-order valence-corrected chi connectivity index (χ4v) is 3.03. The molecule has 3 aromatic rings. The monoisotopic (exact) mass is 299 g/mol. The van der Waals surface area contributed by atoms with Gasteiger partial charge in [0.25, 0.3) is 0 Å². The van der Waals surface area contributed by atoms with E-state index in [2.05, 4.69) is 71.1 Å². The van der Waals surface area contributed by atoms with E-state index in [-0.39, 0.29) is 0 Å². The summed E-state index contributed by atoms with van der Waals surface area (Å²) >= 11 is 0. The van der Waals surface area contributed by atoms with Crippen LogP contribution in [-0.4, -0.2) is 16.1 Å². The first-order chi connectivity index (χ1) is 11.4. The summed E-state index contributed by atoms with van der Waals surface area (Å²) in [6.45, 7) is 4.67. The van der Waals surface area contributed by atoms with Gasteiger partial charge in [0, 0.05) is 42.1 Å². The van der Waals surface area contributed by atoms with Gasteiger partial charge in [0.2, 0.25) is 0 Å². The molecular weight excluding hydrogens is 282 g/mol. The second kappa shape index (κ2) is 5.61. The molecular formula is C20H17N3. The Morgan fingerprint density at radius 2 is 1.78 bits per heavy atom. The van der Waals surface area contributed by atoms with Crippen LogP contribution in [0.5, 0.6) is 0 Å². The quantitative estimate of drug-likeness (QED) is 0.700. The molecule has 23 heavy (non-hydrogen) atoms. The van der Waals surface area contributed by atoms with Gasteiger partial charge in [-0.05, 0) is 29.8 Å². The topological polar surface area (TPSA) is 21.1 Å². The average molecular weight is 299 g/mol. The predicted octanol–water partition coefficient (Wildman–Crippen LogP) is 4.68. The highest BCUT2D eigenvalue weighted by Crippen LogP contribution is 2.40. The van der Waals surface area contributed by atoms with Crippen LogP contribution in [-0.2, 0) is 0 Å². The molecule has 0 spiro atoms. The van der Waals surface area contributed by atoms with Gasteiger partial charge in [0.1, 0.15) is 5.82 Å². The molecule has 0 aliphatic carbocycles. The second-order valence-corrected chi connectivity index (χ2v) is 5.48. The van der Waals surface area contributed by atoms with Crippen LogP contribution in [0.25, 0.3) is 17.8 Å². The van der Waals surface area contributed by atoms with Crippen molar-refractivity contribution in [2.45, 2.75) is 0 Å². The molecule has 0 atom stereocenters. The van der Waals surface area contributed by atoms with Crippen molar-refractivity contribution < 1.29 is 0 Å². The van der Waals surface area contributed by atoms with Gasteiger partial charge in [-0.15, -0.1) is 0 Å². The van der Waals surface area contributed by atoms with Gasteiger partial charge in [-0.2, -0.15) is 0 Å². The Hall–Kier alpha value is -3.07. The summed E-state index contributed by atoms with van der Waals surface area (Å²) in [7, 11) is 0. The Kier molecular flexibility index (Phi) is 3.31. The van der Waals surface area contributed by atoms with E-state index >= 15 is 0 Å². The van der Waals surface area contributed by atoms with Gasteiger partial charge in [-0.3, -0.25) is 0 Å². The molecule has 2 heterocycles. The van der Waals surface area contributed by atoms with Crippen LogP contribution in [0.2, 0.25) is 0 Å². The minimum Gasteiger partial charge on any atom is -0.336 e. The molecule has 0 fully saturated rings. The van der Waals surface area contributed by atoms with Gasteiger partial charge in [-0.25, -0.2) is 4.98 Å². The number of nitrogens with zero attached hydrogens (tertiary/aromatic N) is 3. The molecule has 4 rings (SSSR count). The van der Waals surface area contributed by atoms with E-state index in [0.717, 1.165) is 12.4 Å². The fraction of sp³-hybridized carbons (Fsp3) is 0.0500. The molecule has 112 valence electrons. The highest BCUT2D eigenvalue weighted by molar-refractivity contribution is 5.95. The predicted molar refractivity (Wildman–Crippen MR) is 96.4 cm³/mol. The van der Waals surface area contributed by atoms with Crippen molar-refractivity contribution in [1.82, 2.24) is 9.55 Å². The lowest BCUT2D eigenvalue weighted by Crippen LogP contribution is -2.12. The first-order valence-electron chi connectivity index (χ1n) is 7.65. The van der Waals surface area contributed by atoms with E-state index in [4.69, 9.17) is 0 Å². The largest absolute Gasteiger partial charge is 0.336 e. The normalized spacial score (nSPS) is 15.0. The molecule has 1 aliphatic heterocycles. The van der Waals surface area contributed by atoms with Gasteiger partial charge < -0.3 is 9.47 Å². The minimum atomic E-state index is 0.841. The number of para-hydroxylation sites is 2. The molecule has 0 saturated carbocycles. The van der Waals surface area contributed by atoms with E-state index in [9.17, 15) is 0 Å². The summed E-state index contributed by atoms with van der Waals surface area (Å²) in [5, 5.41) is 0. The van der Waals surface area contributed by atoms with Crippen molar-refractivity contribution >= 4 is 29.2 Å². The zero-order valence-electron chi connectivity index (χ0n) is 12.8. The first-order valence-corrected chi connectivity index (χ1v) is 7.65. The number of aromatic nitrogens is 2. The second-order valence-electron chi connectivity index (χ2n) is 5.48. The van der Waals surface area contributed by atoms with Gasteiger partial charge >= 0.3 is 0 Å². The molecule has 2 aromatic carbocycles. The molecule has 0 unspecified atom stereocenters. The lowest BCUT2D eigenvalue weighted by Gasteiger charge is -2.18. The Bertz CT molecular complexity index is 875. The molecule has 0 N–H and O–H groups in total. The maximum absolute atomic E-state index is 4.42. The number of rotatable bonds is 3. The zero-order chi connectivity index (χ0) is 15.6. The van der Waals surface area contributed by atoms with Crippen molar-refractivity contribution in [3.05, 3.63) is 85.0 Å². The van der Waals surface area contributed by atoms with Gasteiger partial charge in [0.15, 0.2) is 0 Å². The van der Waals surface area contributed by atoms with Gasteiger partial charge in [-0.1, -0.05) is 43.0 Å². The SMILES string of the molecule is C=Cn1ccnc1/C=C1\CN(c2ccccc2)c2ccccc21. The van der Waals surface area contributed by atoms with Crippen LogP contribution < -0.4 is 4.90 Å². The summed E-state index contributed by atoms with van der Waals surface area (Å²) < 4.78 is 1.93. The lowest BCUT2D eigenvalue weighted by atomic mass is 10.1. The first kappa shape index (κ1) is 13.6. The van der Waals surface area contributed by atoms with E-state index in [1.54, 1.807) is 12.4 Å². The van der Waals surface area contributed by atoms with Crippen molar-refractivity contribution in [3.63, 3.8) is 0 Å². The number of hydrogen-bond donors (Lipinski definition) is 0.